The largest absolute Gasteiger partial charge is 0.481 e. The fourth-order valence-electron chi connectivity index (χ4n) is 1.92. The quantitative estimate of drug-likeness (QED) is 0.590. The molecular formula is C12H18N4O2. The molecule has 1 aliphatic heterocycles. The molecule has 1 unspecified atom stereocenters. The van der Waals surface area contributed by atoms with Gasteiger partial charge in [0.1, 0.15) is 11.9 Å². The summed E-state index contributed by atoms with van der Waals surface area (Å²) in [6, 6.07) is 5.70. The summed E-state index contributed by atoms with van der Waals surface area (Å²) >= 11 is 0. The highest BCUT2D eigenvalue weighted by Crippen LogP contribution is 2.12. The lowest BCUT2D eigenvalue weighted by Gasteiger charge is -2.31. The molecule has 0 aliphatic carbocycles. The van der Waals surface area contributed by atoms with Crippen molar-refractivity contribution in [2.24, 2.45) is 5.73 Å². The number of hydrogen-bond donors (Lipinski definition) is 2. The fourth-order valence-corrected chi connectivity index (χ4v) is 1.92. The molecular weight excluding hydrogens is 232 g/mol. The summed E-state index contributed by atoms with van der Waals surface area (Å²) in [6.45, 7) is 2.76. The lowest BCUT2D eigenvalue weighted by atomic mass is 10.2. The van der Waals surface area contributed by atoms with Gasteiger partial charge in [-0.05, 0) is 6.07 Å². The molecule has 6 heteroatoms. The van der Waals surface area contributed by atoms with Crippen molar-refractivity contribution < 1.29 is 9.47 Å². The third kappa shape index (κ3) is 3.18. The number of aromatic nitrogens is 1. The molecule has 0 saturated carbocycles. The maximum atomic E-state index is 7.41. The maximum Gasteiger partial charge on any atom is 0.213 e. The molecule has 0 spiro atoms. The average Bonchev–Trinajstić information content (AvgIpc) is 2.39. The molecule has 0 amide bonds. The highest BCUT2D eigenvalue weighted by molar-refractivity contribution is 5.82. The van der Waals surface area contributed by atoms with Crippen LogP contribution in [0.2, 0.25) is 0 Å². The monoisotopic (exact) mass is 250 g/mol. The second-order valence-corrected chi connectivity index (χ2v) is 4.22. The predicted molar refractivity (Wildman–Crippen MR) is 67.7 cm³/mol. The summed E-state index contributed by atoms with van der Waals surface area (Å²) in [7, 11) is 1.60. The lowest BCUT2D eigenvalue weighted by molar-refractivity contribution is 0.00188. The Morgan fingerprint density at radius 1 is 1.67 bits per heavy atom. The van der Waals surface area contributed by atoms with E-state index in [-0.39, 0.29) is 11.9 Å². The molecule has 0 aromatic carbocycles. The van der Waals surface area contributed by atoms with Crippen molar-refractivity contribution in [2.45, 2.75) is 12.6 Å². The number of pyridine rings is 1. The number of nitrogens with zero attached hydrogens (tertiary/aromatic N) is 2. The van der Waals surface area contributed by atoms with E-state index < -0.39 is 0 Å². The Hall–Kier alpha value is -1.66. The normalized spacial score (nSPS) is 20.6. The van der Waals surface area contributed by atoms with Crippen LogP contribution >= 0.6 is 0 Å². The van der Waals surface area contributed by atoms with Crippen LogP contribution in [0, 0.1) is 5.41 Å². The first-order valence-corrected chi connectivity index (χ1v) is 5.87. The van der Waals surface area contributed by atoms with Crippen molar-refractivity contribution in [1.29, 1.82) is 5.41 Å². The zero-order valence-electron chi connectivity index (χ0n) is 10.4. The Bertz CT molecular complexity index is 424. The van der Waals surface area contributed by atoms with Crippen LogP contribution in [-0.4, -0.2) is 48.6 Å². The molecule has 1 fully saturated rings. The van der Waals surface area contributed by atoms with Gasteiger partial charge in [0.15, 0.2) is 0 Å². The Morgan fingerprint density at radius 3 is 3.22 bits per heavy atom. The number of rotatable bonds is 4. The number of methoxy groups -OCH3 is 1. The smallest absolute Gasteiger partial charge is 0.213 e. The highest BCUT2D eigenvalue weighted by atomic mass is 16.5. The predicted octanol–water partition coefficient (Wildman–Crippen LogP) is 0.227. The third-order valence-electron chi connectivity index (χ3n) is 2.87. The summed E-state index contributed by atoms with van der Waals surface area (Å²) in [5, 5.41) is 7.41. The van der Waals surface area contributed by atoms with Crippen LogP contribution in [0.4, 0.5) is 0 Å². The van der Waals surface area contributed by atoms with Gasteiger partial charge in [0.05, 0.1) is 19.4 Å². The van der Waals surface area contributed by atoms with Crippen molar-refractivity contribution in [3.63, 3.8) is 0 Å². The van der Waals surface area contributed by atoms with Crippen molar-refractivity contribution in [3.8, 4) is 5.88 Å². The summed E-state index contributed by atoms with van der Waals surface area (Å²) in [5.41, 5.74) is 6.41. The molecule has 6 nitrogen and oxygen atoms in total. The second-order valence-electron chi connectivity index (χ2n) is 4.22. The van der Waals surface area contributed by atoms with Crippen LogP contribution in [0.25, 0.3) is 0 Å². The second kappa shape index (κ2) is 5.79. The molecule has 3 N–H and O–H groups in total. The first-order valence-electron chi connectivity index (χ1n) is 5.87. The Labute approximate surface area is 106 Å². The van der Waals surface area contributed by atoms with E-state index in [0.29, 0.717) is 25.6 Å². The van der Waals surface area contributed by atoms with E-state index in [2.05, 4.69) is 9.88 Å². The van der Waals surface area contributed by atoms with Gasteiger partial charge in [-0.3, -0.25) is 10.3 Å². The van der Waals surface area contributed by atoms with Gasteiger partial charge in [0, 0.05) is 25.7 Å². The first-order chi connectivity index (χ1) is 8.69. The number of morpholine rings is 1. The first kappa shape index (κ1) is 12.8. The number of hydrogen-bond acceptors (Lipinski definition) is 5. The number of amidine groups is 1. The summed E-state index contributed by atoms with van der Waals surface area (Å²) in [5.74, 6) is 0.696. The van der Waals surface area contributed by atoms with Crippen molar-refractivity contribution >= 4 is 5.84 Å². The number of nitrogens with two attached hydrogens (primary N) is 1. The van der Waals surface area contributed by atoms with E-state index in [1.54, 1.807) is 7.11 Å². The van der Waals surface area contributed by atoms with E-state index in [1.165, 1.54) is 0 Å². The summed E-state index contributed by atoms with van der Waals surface area (Å²) in [6.07, 6.45) is -0.302. The van der Waals surface area contributed by atoms with Crippen LogP contribution in [-0.2, 0) is 11.3 Å². The van der Waals surface area contributed by atoms with Crippen LogP contribution in [0.15, 0.2) is 18.2 Å². The van der Waals surface area contributed by atoms with Crippen LogP contribution in [0.1, 0.15) is 5.69 Å². The third-order valence-corrected chi connectivity index (χ3v) is 2.87. The molecule has 1 saturated heterocycles. The Morgan fingerprint density at radius 2 is 2.50 bits per heavy atom. The molecule has 2 heterocycles. The standard InChI is InChI=1S/C12H18N4O2/c1-17-11-4-2-3-9(15-11)7-16-5-6-18-10(8-16)12(13)14/h2-4,10H,5-8H2,1H3,(H3,13,14). The maximum absolute atomic E-state index is 7.41. The van der Waals surface area contributed by atoms with E-state index in [1.807, 2.05) is 18.2 Å². The molecule has 1 aliphatic rings. The molecule has 18 heavy (non-hydrogen) atoms. The average molecular weight is 250 g/mol. The van der Waals surface area contributed by atoms with E-state index >= 15 is 0 Å². The fraction of sp³-hybridized carbons (Fsp3) is 0.500. The molecule has 1 atom stereocenters. The van der Waals surface area contributed by atoms with Crippen LogP contribution < -0.4 is 10.5 Å². The van der Waals surface area contributed by atoms with Gasteiger partial charge in [0.2, 0.25) is 5.88 Å². The molecule has 0 radical (unpaired) electrons. The number of nitrogens with one attached hydrogen (secondary N) is 1. The topological polar surface area (TPSA) is 84.5 Å². The van der Waals surface area contributed by atoms with Gasteiger partial charge in [-0.15, -0.1) is 0 Å². The zero-order valence-corrected chi connectivity index (χ0v) is 10.4. The van der Waals surface area contributed by atoms with E-state index in [4.69, 9.17) is 20.6 Å². The van der Waals surface area contributed by atoms with Gasteiger partial charge >= 0.3 is 0 Å². The Balaban J connectivity index is 1.97. The molecule has 1 aromatic rings. The van der Waals surface area contributed by atoms with Gasteiger partial charge in [-0.2, -0.15) is 0 Å². The lowest BCUT2D eigenvalue weighted by Crippen LogP contribution is -2.47. The highest BCUT2D eigenvalue weighted by Gasteiger charge is 2.22. The number of ether oxygens (including phenoxy) is 2. The zero-order chi connectivity index (χ0) is 13.0. The molecule has 1 aromatic heterocycles. The van der Waals surface area contributed by atoms with Gasteiger partial charge in [-0.25, -0.2) is 4.98 Å². The van der Waals surface area contributed by atoms with Crippen molar-refractivity contribution in [1.82, 2.24) is 9.88 Å². The van der Waals surface area contributed by atoms with Crippen molar-refractivity contribution in [3.05, 3.63) is 23.9 Å². The summed E-state index contributed by atoms with van der Waals surface area (Å²) < 4.78 is 10.5. The SMILES string of the molecule is COc1cccc(CN2CCOC(C(=N)N)C2)n1. The van der Waals surface area contributed by atoms with E-state index in [9.17, 15) is 0 Å². The van der Waals surface area contributed by atoms with Crippen LogP contribution in [0.3, 0.4) is 0 Å². The molecule has 2 rings (SSSR count). The minimum atomic E-state index is -0.302. The van der Waals surface area contributed by atoms with Gasteiger partial charge in [0.25, 0.3) is 0 Å². The minimum absolute atomic E-state index is 0.0818. The van der Waals surface area contributed by atoms with Crippen molar-refractivity contribution in [2.75, 3.05) is 26.8 Å². The van der Waals surface area contributed by atoms with E-state index in [0.717, 1.165) is 12.2 Å². The summed E-state index contributed by atoms with van der Waals surface area (Å²) in [4.78, 5) is 6.54. The van der Waals surface area contributed by atoms with Gasteiger partial charge < -0.3 is 15.2 Å². The molecule has 98 valence electrons. The molecule has 0 bridgehead atoms. The minimum Gasteiger partial charge on any atom is -0.481 e. The van der Waals surface area contributed by atoms with Crippen LogP contribution in [0.5, 0.6) is 5.88 Å². The van der Waals surface area contributed by atoms with Gasteiger partial charge in [-0.1, -0.05) is 6.07 Å². The Kier molecular flexibility index (Phi) is 4.11.